The first-order valence-electron chi connectivity index (χ1n) is 8.31. The van der Waals surface area contributed by atoms with Gasteiger partial charge in [0.2, 0.25) is 0 Å². The summed E-state index contributed by atoms with van der Waals surface area (Å²) in [6, 6.07) is 2.19. The van der Waals surface area contributed by atoms with Crippen LogP contribution in [-0.4, -0.2) is 61.6 Å². The van der Waals surface area contributed by atoms with Crippen LogP contribution in [0.25, 0.3) is 0 Å². The topological polar surface area (TPSA) is 67.2 Å². The highest BCUT2D eigenvalue weighted by Crippen LogP contribution is 2.18. The van der Waals surface area contributed by atoms with Crippen molar-refractivity contribution in [3.63, 3.8) is 0 Å². The number of hydrogen-bond acceptors (Lipinski definition) is 5. The fourth-order valence-electron chi connectivity index (χ4n) is 3.03. The van der Waals surface area contributed by atoms with Crippen LogP contribution >= 0.6 is 0 Å². The normalized spacial score (nSPS) is 17.9. The maximum atomic E-state index is 12.9. The Kier molecular flexibility index (Phi) is 4.89. The van der Waals surface area contributed by atoms with E-state index < -0.39 is 0 Å². The van der Waals surface area contributed by atoms with E-state index in [4.69, 9.17) is 0 Å². The molecule has 2 aromatic rings. The summed E-state index contributed by atoms with van der Waals surface area (Å²) in [5.41, 5.74) is 0.570. The van der Waals surface area contributed by atoms with E-state index in [1.165, 1.54) is 6.20 Å². The third-order valence-corrected chi connectivity index (χ3v) is 4.61. The van der Waals surface area contributed by atoms with Crippen LogP contribution in [0.4, 0.5) is 0 Å². The van der Waals surface area contributed by atoms with Gasteiger partial charge in [-0.05, 0) is 27.0 Å². The number of carbonyl (C=O) groups excluding carboxylic acids is 1. The minimum Gasteiger partial charge on any atom is -0.333 e. The summed E-state index contributed by atoms with van der Waals surface area (Å²) in [5.74, 6) is 1.27. The predicted octanol–water partition coefficient (Wildman–Crippen LogP) is 1.29. The molecule has 0 saturated carbocycles. The fraction of sp³-hybridized carbons (Fsp3) is 0.529. The van der Waals surface area contributed by atoms with E-state index in [0.29, 0.717) is 30.6 Å². The van der Waals surface area contributed by atoms with Gasteiger partial charge in [0.1, 0.15) is 5.82 Å². The quantitative estimate of drug-likeness (QED) is 0.846. The second-order valence-corrected chi connectivity index (χ2v) is 6.71. The number of rotatable bonds is 4. The van der Waals surface area contributed by atoms with E-state index in [9.17, 15) is 4.79 Å². The van der Waals surface area contributed by atoms with Gasteiger partial charge in [-0.2, -0.15) is 10.2 Å². The number of amides is 1. The van der Waals surface area contributed by atoms with Crippen molar-refractivity contribution in [2.75, 3.05) is 20.1 Å². The summed E-state index contributed by atoms with van der Waals surface area (Å²) < 4.78 is 2.16. The lowest BCUT2D eigenvalue weighted by Gasteiger charge is -2.29. The van der Waals surface area contributed by atoms with Gasteiger partial charge in [-0.15, -0.1) is 0 Å². The van der Waals surface area contributed by atoms with E-state index in [1.54, 1.807) is 18.5 Å². The molecule has 1 atom stereocenters. The van der Waals surface area contributed by atoms with Gasteiger partial charge < -0.3 is 14.4 Å². The summed E-state index contributed by atoms with van der Waals surface area (Å²) in [4.78, 5) is 21.5. The number of fused-ring (bicyclic) bond motifs is 1. The lowest BCUT2D eigenvalue weighted by Crippen LogP contribution is -2.39. The smallest absolute Gasteiger partial charge is 0.255 e. The van der Waals surface area contributed by atoms with Crippen LogP contribution in [0.5, 0.6) is 0 Å². The zero-order chi connectivity index (χ0) is 17.1. The monoisotopic (exact) mass is 328 g/mol. The van der Waals surface area contributed by atoms with Gasteiger partial charge in [0, 0.05) is 44.0 Å². The summed E-state index contributed by atoms with van der Waals surface area (Å²) in [7, 11) is 2.13. The molecule has 0 radical (unpaired) electrons. The SMILES string of the molecule is CC(C)N(C)CC1CN(C(=O)c2ccnnc2)Cc2nccn2C1. The van der Waals surface area contributed by atoms with Crippen molar-refractivity contribution in [2.24, 2.45) is 5.92 Å². The maximum Gasteiger partial charge on any atom is 0.255 e. The second kappa shape index (κ2) is 7.09. The third kappa shape index (κ3) is 3.62. The molecule has 0 aliphatic carbocycles. The molecular weight excluding hydrogens is 304 g/mol. The van der Waals surface area contributed by atoms with Crippen LogP contribution in [-0.2, 0) is 13.1 Å². The molecule has 0 spiro atoms. The average molecular weight is 328 g/mol. The molecule has 128 valence electrons. The molecule has 0 fully saturated rings. The molecule has 1 aliphatic heterocycles. The highest BCUT2D eigenvalue weighted by atomic mass is 16.2. The highest BCUT2D eigenvalue weighted by molar-refractivity contribution is 5.93. The molecule has 1 amide bonds. The van der Waals surface area contributed by atoms with Crippen LogP contribution in [0.2, 0.25) is 0 Å². The van der Waals surface area contributed by atoms with Crippen molar-refractivity contribution in [3.8, 4) is 0 Å². The van der Waals surface area contributed by atoms with Gasteiger partial charge in [0.25, 0.3) is 5.91 Å². The van der Waals surface area contributed by atoms with Crippen molar-refractivity contribution >= 4 is 5.91 Å². The van der Waals surface area contributed by atoms with Crippen molar-refractivity contribution in [1.82, 2.24) is 29.5 Å². The first-order valence-corrected chi connectivity index (χ1v) is 8.31. The molecule has 0 saturated heterocycles. The molecular formula is C17H24N6O. The van der Waals surface area contributed by atoms with Gasteiger partial charge in [-0.25, -0.2) is 4.98 Å². The first kappa shape index (κ1) is 16.6. The molecule has 24 heavy (non-hydrogen) atoms. The van der Waals surface area contributed by atoms with E-state index in [2.05, 4.69) is 45.5 Å². The van der Waals surface area contributed by atoms with Gasteiger partial charge in [0.05, 0.1) is 24.5 Å². The number of hydrogen-bond donors (Lipinski definition) is 0. The van der Waals surface area contributed by atoms with E-state index in [1.807, 2.05) is 11.1 Å². The van der Waals surface area contributed by atoms with Crippen molar-refractivity contribution in [1.29, 1.82) is 0 Å². The summed E-state index contributed by atoms with van der Waals surface area (Å²) in [6.45, 7) is 7.42. The molecule has 3 heterocycles. The molecule has 7 heteroatoms. The number of aromatic nitrogens is 4. The predicted molar refractivity (Wildman–Crippen MR) is 90.3 cm³/mol. The van der Waals surface area contributed by atoms with E-state index in [0.717, 1.165) is 18.9 Å². The summed E-state index contributed by atoms with van der Waals surface area (Å²) >= 11 is 0. The minimum absolute atomic E-state index is 0.0152. The Morgan fingerprint density at radius 1 is 1.33 bits per heavy atom. The average Bonchev–Trinajstić information content (AvgIpc) is 2.93. The Balaban J connectivity index is 1.82. The lowest BCUT2D eigenvalue weighted by molar-refractivity contribution is 0.0702. The van der Waals surface area contributed by atoms with Crippen LogP contribution in [0.3, 0.4) is 0 Å². The van der Waals surface area contributed by atoms with Crippen molar-refractivity contribution in [3.05, 3.63) is 42.2 Å². The number of carbonyl (C=O) groups is 1. The highest BCUT2D eigenvalue weighted by Gasteiger charge is 2.27. The molecule has 0 N–H and O–H groups in total. The Labute approximate surface area is 142 Å². The standard InChI is InChI=1S/C17H24N6O/c1-13(2)21(3)9-14-10-22-7-6-18-16(22)12-23(11-14)17(24)15-4-5-19-20-8-15/h4-8,13-14H,9-12H2,1-3H3. The van der Waals surface area contributed by atoms with Crippen LogP contribution in [0.1, 0.15) is 30.0 Å². The Morgan fingerprint density at radius 3 is 2.88 bits per heavy atom. The fourth-order valence-corrected chi connectivity index (χ4v) is 3.03. The Bertz CT molecular complexity index is 683. The molecule has 0 bridgehead atoms. The molecule has 1 unspecified atom stereocenters. The first-order chi connectivity index (χ1) is 11.5. The van der Waals surface area contributed by atoms with Crippen molar-refractivity contribution in [2.45, 2.75) is 33.0 Å². The van der Waals surface area contributed by atoms with Gasteiger partial charge >= 0.3 is 0 Å². The minimum atomic E-state index is -0.0152. The summed E-state index contributed by atoms with van der Waals surface area (Å²) in [5, 5.41) is 7.57. The number of imidazole rings is 1. The van der Waals surface area contributed by atoms with E-state index in [-0.39, 0.29) is 5.91 Å². The van der Waals surface area contributed by atoms with Crippen LogP contribution in [0.15, 0.2) is 30.9 Å². The molecule has 7 nitrogen and oxygen atoms in total. The zero-order valence-electron chi connectivity index (χ0n) is 14.5. The van der Waals surface area contributed by atoms with Gasteiger partial charge in [-0.3, -0.25) is 4.79 Å². The van der Waals surface area contributed by atoms with Crippen LogP contribution in [0, 0.1) is 5.92 Å². The Hall–Kier alpha value is -2.28. The molecule has 3 rings (SSSR count). The second-order valence-electron chi connectivity index (χ2n) is 6.71. The summed E-state index contributed by atoms with van der Waals surface area (Å²) in [6.07, 6.45) is 6.88. The van der Waals surface area contributed by atoms with Gasteiger partial charge in [-0.1, -0.05) is 0 Å². The molecule has 2 aromatic heterocycles. The van der Waals surface area contributed by atoms with E-state index >= 15 is 0 Å². The lowest BCUT2D eigenvalue weighted by atomic mass is 10.1. The maximum absolute atomic E-state index is 12.9. The molecule has 1 aliphatic rings. The largest absolute Gasteiger partial charge is 0.333 e. The van der Waals surface area contributed by atoms with Crippen molar-refractivity contribution < 1.29 is 4.79 Å². The Morgan fingerprint density at radius 2 is 2.17 bits per heavy atom. The zero-order valence-corrected chi connectivity index (χ0v) is 14.5. The van der Waals surface area contributed by atoms with Crippen LogP contribution < -0.4 is 0 Å². The number of nitrogens with zero attached hydrogens (tertiary/aromatic N) is 6. The van der Waals surface area contributed by atoms with Gasteiger partial charge in [0.15, 0.2) is 0 Å². The third-order valence-electron chi connectivity index (χ3n) is 4.61. The molecule has 0 aromatic carbocycles.